The number of amides is 3. The Morgan fingerprint density at radius 3 is 2.00 bits per heavy atom. The highest BCUT2D eigenvalue weighted by atomic mass is 16.2. The van der Waals surface area contributed by atoms with Gasteiger partial charge in [-0.1, -0.05) is 58.0 Å². The van der Waals surface area contributed by atoms with Crippen LogP contribution < -0.4 is 16.4 Å². The molecule has 0 radical (unpaired) electrons. The fourth-order valence-corrected chi connectivity index (χ4v) is 3.64. The molecule has 1 rings (SSSR count). The van der Waals surface area contributed by atoms with Crippen molar-refractivity contribution in [1.82, 2.24) is 10.6 Å². The molecule has 3 atom stereocenters. The molecule has 0 heterocycles. The van der Waals surface area contributed by atoms with Gasteiger partial charge in [-0.3, -0.25) is 28.8 Å². The molecular weight excluding hydrogens is 462 g/mol. The molecule has 0 saturated heterocycles. The maximum absolute atomic E-state index is 12.9. The minimum Gasteiger partial charge on any atom is -0.369 e. The van der Waals surface area contributed by atoms with Gasteiger partial charge in [-0.05, 0) is 31.7 Å². The molecule has 0 spiro atoms. The van der Waals surface area contributed by atoms with Crippen molar-refractivity contribution in [3.05, 3.63) is 35.9 Å². The molecule has 3 amide bonds. The third-order valence-electron chi connectivity index (χ3n) is 5.93. The number of hydrogen-bond acceptors (Lipinski definition) is 6. The first-order valence-corrected chi connectivity index (χ1v) is 12.2. The maximum Gasteiger partial charge on any atom is 0.290 e. The Balaban J connectivity index is 2.73. The molecule has 0 saturated carbocycles. The highest BCUT2D eigenvalue weighted by Gasteiger charge is 2.33. The van der Waals surface area contributed by atoms with Crippen molar-refractivity contribution in [2.45, 2.75) is 79.3 Å². The van der Waals surface area contributed by atoms with E-state index >= 15 is 0 Å². The molecule has 0 bridgehead atoms. The molecule has 0 aliphatic heterocycles. The Labute approximate surface area is 213 Å². The molecule has 36 heavy (non-hydrogen) atoms. The Kier molecular flexibility index (Phi) is 11.6. The summed E-state index contributed by atoms with van der Waals surface area (Å²) in [6.07, 6.45) is 0.476. The zero-order chi connectivity index (χ0) is 27.6. The third kappa shape index (κ3) is 10.1. The normalized spacial score (nSPS) is 13.9. The van der Waals surface area contributed by atoms with E-state index in [9.17, 15) is 28.8 Å². The van der Waals surface area contributed by atoms with Crippen LogP contribution in [0.2, 0.25) is 0 Å². The van der Waals surface area contributed by atoms with E-state index in [0.29, 0.717) is 6.42 Å². The van der Waals surface area contributed by atoms with Crippen LogP contribution in [0, 0.1) is 17.3 Å². The SMILES string of the molecule is CC(C)CC(CC(=O)Cc1ccccc1)C(=O)NC(C)C(=O)C(=O)NC(C)C(=O)CC(C)(C)C(N)=O. The van der Waals surface area contributed by atoms with Crippen LogP contribution in [0.4, 0.5) is 0 Å². The first-order chi connectivity index (χ1) is 16.6. The van der Waals surface area contributed by atoms with Crippen molar-refractivity contribution >= 4 is 35.1 Å². The van der Waals surface area contributed by atoms with E-state index in [1.807, 2.05) is 44.2 Å². The predicted molar refractivity (Wildman–Crippen MR) is 136 cm³/mol. The first-order valence-electron chi connectivity index (χ1n) is 12.2. The van der Waals surface area contributed by atoms with Gasteiger partial charge in [-0.25, -0.2) is 0 Å². The van der Waals surface area contributed by atoms with Crippen molar-refractivity contribution in [3.63, 3.8) is 0 Å². The fourth-order valence-electron chi connectivity index (χ4n) is 3.64. The lowest BCUT2D eigenvalue weighted by molar-refractivity contribution is -0.141. The standard InChI is InChI=1S/C27H39N3O6/c1-16(2)12-20(14-21(31)13-19-10-8-7-9-11-19)24(34)30-18(4)23(33)25(35)29-17(3)22(32)15-27(5,6)26(28)36/h7-11,16-18,20H,12-15H2,1-6H3,(H2,28,36)(H,29,35)(H,30,34). The summed E-state index contributed by atoms with van der Waals surface area (Å²) < 4.78 is 0. The summed E-state index contributed by atoms with van der Waals surface area (Å²) in [6.45, 7) is 9.68. The average molecular weight is 502 g/mol. The Hall–Kier alpha value is -3.36. The maximum atomic E-state index is 12.9. The molecule has 0 fully saturated rings. The summed E-state index contributed by atoms with van der Waals surface area (Å²) in [5, 5.41) is 4.86. The number of rotatable bonds is 15. The molecule has 4 N–H and O–H groups in total. The molecular formula is C27H39N3O6. The van der Waals surface area contributed by atoms with E-state index in [1.54, 1.807) is 0 Å². The molecule has 198 valence electrons. The average Bonchev–Trinajstić information content (AvgIpc) is 2.77. The number of nitrogens with two attached hydrogens (primary N) is 1. The van der Waals surface area contributed by atoms with E-state index in [0.717, 1.165) is 5.56 Å². The summed E-state index contributed by atoms with van der Waals surface area (Å²) in [5.41, 5.74) is 5.05. The highest BCUT2D eigenvalue weighted by molar-refractivity contribution is 6.38. The van der Waals surface area contributed by atoms with E-state index in [1.165, 1.54) is 27.7 Å². The Morgan fingerprint density at radius 2 is 1.47 bits per heavy atom. The largest absolute Gasteiger partial charge is 0.369 e. The van der Waals surface area contributed by atoms with Gasteiger partial charge in [0.2, 0.25) is 17.6 Å². The van der Waals surface area contributed by atoms with Gasteiger partial charge in [0.15, 0.2) is 5.78 Å². The smallest absolute Gasteiger partial charge is 0.290 e. The zero-order valence-electron chi connectivity index (χ0n) is 22.1. The second-order valence-electron chi connectivity index (χ2n) is 10.4. The molecule has 9 heteroatoms. The van der Waals surface area contributed by atoms with E-state index < -0.39 is 52.7 Å². The first kappa shape index (κ1) is 30.7. The van der Waals surface area contributed by atoms with Gasteiger partial charge in [-0.2, -0.15) is 0 Å². The van der Waals surface area contributed by atoms with Crippen molar-refractivity contribution in [1.29, 1.82) is 0 Å². The van der Waals surface area contributed by atoms with Crippen LogP contribution >= 0.6 is 0 Å². The van der Waals surface area contributed by atoms with Crippen LogP contribution in [0.1, 0.15) is 66.4 Å². The molecule has 0 aliphatic rings. The number of Topliss-reactive ketones (excluding diaryl/α,β-unsaturated/α-hetero) is 3. The number of carbonyl (C=O) groups excluding carboxylic acids is 6. The zero-order valence-corrected chi connectivity index (χ0v) is 22.1. The monoisotopic (exact) mass is 501 g/mol. The lowest BCUT2D eigenvalue weighted by Crippen LogP contribution is -2.51. The lowest BCUT2D eigenvalue weighted by Gasteiger charge is -2.23. The van der Waals surface area contributed by atoms with Crippen LogP contribution in [-0.2, 0) is 35.2 Å². The van der Waals surface area contributed by atoms with E-state index in [2.05, 4.69) is 10.6 Å². The van der Waals surface area contributed by atoms with Gasteiger partial charge in [0.1, 0.15) is 5.78 Å². The van der Waals surface area contributed by atoms with Gasteiger partial charge in [0, 0.05) is 25.2 Å². The summed E-state index contributed by atoms with van der Waals surface area (Å²) >= 11 is 0. The topological polar surface area (TPSA) is 152 Å². The van der Waals surface area contributed by atoms with Crippen molar-refractivity contribution < 1.29 is 28.8 Å². The number of hydrogen-bond donors (Lipinski definition) is 3. The number of primary amides is 1. The lowest BCUT2D eigenvalue weighted by atomic mass is 9.85. The van der Waals surface area contributed by atoms with Crippen LogP contribution in [0.5, 0.6) is 0 Å². The van der Waals surface area contributed by atoms with Gasteiger partial charge < -0.3 is 16.4 Å². The molecule has 0 aromatic heterocycles. The van der Waals surface area contributed by atoms with Crippen LogP contribution in [0.25, 0.3) is 0 Å². The minimum atomic E-state index is -1.15. The number of nitrogens with one attached hydrogen (secondary N) is 2. The van der Waals surface area contributed by atoms with Gasteiger partial charge >= 0.3 is 0 Å². The predicted octanol–water partition coefficient (Wildman–Crippen LogP) is 1.90. The number of ketones is 3. The second kappa shape index (κ2) is 13.7. The number of carbonyl (C=O) groups is 6. The summed E-state index contributed by atoms with van der Waals surface area (Å²) in [4.78, 5) is 74.3. The van der Waals surface area contributed by atoms with E-state index in [-0.39, 0.29) is 31.0 Å². The minimum absolute atomic E-state index is 0.0210. The van der Waals surface area contributed by atoms with Crippen LogP contribution in [-0.4, -0.2) is 47.2 Å². The summed E-state index contributed by atoms with van der Waals surface area (Å²) in [6, 6.07) is 7.05. The Morgan fingerprint density at radius 1 is 0.889 bits per heavy atom. The fraction of sp³-hybridized carbons (Fsp3) is 0.556. The highest BCUT2D eigenvalue weighted by Crippen LogP contribution is 2.21. The Bertz CT molecular complexity index is 971. The van der Waals surface area contributed by atoms with Gasteiger partial charge in [0.05, 0.1) is 17.5 Å². The second-order valence-corrected chi connectivity index (χ2v) is 10.4. The van der Waals surface area contributed by atoms with E-state index in [4.69, 9.17) is 5.73 Å². The number of benzene rings is 1. The van der Waals surface area contributed by atoms with Crippen LogP contribution in [0.3, 0.4) is 0 Å². The van der Waals surface area contributed by atoms with Crippen molar-refractivity contribution in [2.75, 3.05) is 0 Å². The summed E-state index contributed by atoms with van der Waals surface area (Å²) in [7, 11) is 0. The van der Waals surface area contributed by atoms with Crippen molar-refractivity contribution in [2.24, 2.45) is 23.0 Å². The van der Waals surface area contributed by atoms with Crippen molar-refractivity contribution in [3.8, 4) is 0 Å². The quantitative estimate of drug-likeness (QED) is 0.312. The molecule has 9 nitrogen and oxygen atoms in total. The molecule has 1 aromatic carbocycles. The molecule has 3 unspecified atom stereocenters. The van der Waals surface area contributed by atoms with Crippen LogP contribution in [0.15, 0.2) is 30.3 Å². The molecule has 1 aromatic rings. The van der Waals surface area contributed by atoms with Gasteiger partial charge in [0.25, 0.3) is 5.91 Å². The molecule has 0 aliphatic carbocycles. The summed E-state index contributed by atoms with van der Waals surface area (Å²) in [5.74, 6) is -4.13. The third-order valence-corrected chi connectivity index (χ3v) is 5.93. The van der Waals surface area contributed by atoms with Gasteiger partial charge in [-0.15, -0.1) is 0 Å².